The van der Waals surface area contributed by atoms with E-state index in [1.54, 1.807) is 0 Å². The molecule has 3 atom stereocenters. The lowest BCUT2D eigenvalue weighted by Gasteiger charge is -2.31. The number of carbonyl (C=O) groups is 1. The Morgan fingerprint density at radius 3 is 2.50 bits per heavy atom. The first-order valence-corrected chi connectivity index (χ1v) is 5.63. The van der Waals surface area contributed by atoms with Gasteiger partial charge < -0.3 is 0 Å². The van der Waals surface area contributed by atoms with Gasteiger partial charge in [0.05, 0.1) is 4.83 Å². The van der Waals surface area contributed by atoms with Gasteiger partial charge in [0.15, 0.2) is 0 Å². The zero-order valence-corrected chi connectivity index (χ0v) is 9.60. The van der Waals surface area contributed by atoms with Gasteiger partial charge in [0.2, 0.25) is 0 Å². The number of hydrogen-bond donors (Lipinski definition) is 0. The van der Waals surface area contributed by atoms with Gasteiger partial charge in [-0.1, -0.05) is 36.7 Å². The van der Waals surface area contributed by atoms with Gasteiger partial charge >= 0.3 is 0 Å². The topological polar surface area (TPSA) is 17.1 Å². The van der Waals surface area contributed by atoms with Crippen molar-refractivity contribution in [2.45, 2.75) is 38.4 Å². The summed E-state index contributed by atoms with van der Waals surface area (Å²) in [4.78, 5) is 11.8. The summed E-state index contributed by atoms with van der Waals surface area (Å²) in [5, 5.41) is 0. The second-order valence-corrected chi connectivity index (χ2v) is 5.20. The normalized spacial score (nSPS) is 37.4. The third-order valence-electron chi connectivity index (χ3n) is 2.87. The average Bonchev–Trinajstić information content (AvgIpc) is 2.00. The number of carbonyl (C=O) groups excluding carboxylic acids is 1. The lowest BCUT2D eigenvalue weighted by Crippen LogP contribution is -2.36. The molecule has 1 nitrogen and oxygen atoms in total. The van der Waals surface area contributed by atoms with Crippen LogP contribution < -0.4 is 0 Å². The van der Waals surface area contributed by atoms with Crippen LogP contribution in [0.25, 0.3) is 0 Å². The van der Waals surface area contributed by atoms with Crippen molar-refractivity contribution >= 4 is 21.7 Å². The molecule has 1 unspecified atom stereocenters. The Bertz CT molecular complexity index is 177. The minimum absolute atomic E-state index is 0.110. The van der Waals surface area contributed by atoms with Crippen LogP contribution in [-0.2, 0) is 4.79 Å². The number of ketones is 1. The third-order valence-corrected chi connectivity index (χ3v) is 4.23. The Balaban J connectivity index is 2.65. The molecule has 0 N–H and O–H groups in total. The second kappa shape index (κ2) is 3.91. The monoisotopic (exact) mass is 232 g/mol. The predicted molar refractivity (Wildman–Crippen MR) is 54.4 cm³/mol. The molecule has 0 aliphatic heterocycles. The molecule has 0 radical (unpaired) electrons. The highest BCUT2D eigenvalue weighted by atomic mass is 79.9. The zero-order valence-electron chi connectivity index (χ0n) is 8.01. The fourth-order valence-electron chi connectivity index (χ4n) is 1.88. The molecule has 0 amide bonds. The van der Waals surface area contributed by atoms with Gasteiger partial charge in [-0.05, 0) is 24.7 Å². The molecule has 0 aromatic heterocycles. The van der Waals surface area contributed by atoms with Crippen LogP contribution in [0.2, 0.25) is 0 Å². The van der Waals surface area contributed by atoms with E-state index >= 15 is 0 Å². The average molecular weight is 233 g/mol. The van der Waals surface area contributed by atoms with E-state index in [9.17, 15) is 4.79 Å². The summed E-state index contributed by atoms with van der Waals surface area (Å²) in [7, 11) is 0. The summed E-state index contributed by atoms with van der Waals surface area (Å²) in [6.07, 6.45) is 2.27. The third kappa shape index (κ3) is 1.90. The van der Waals surface area contributed by atoms with Crippen LogP contribution in [0.3, 0.4) is 0 Å². The van der Waals surface area contributed by atoms with Crippen LogP contribution in [0.1, 0.15) is 33.6 Å². The van der Waals surface area contributed by atoms with E-state index in [0.29, 0.717) is 23.5 Å². The van der Waals surface area contributed by atoms with E-state index in [0.717, 1.165) is 6.42 Å². The first-order valence-electron chi connectivity index (χ1n) is 4.71. The van der Waals surface area contributed by atoms with Crippen molar-refractivity contribution in [3.63, 3.8) is 0 Å². The van der Waals surface area contributed by atoms with Crippen LogP contribution in [-0.4, -0.2) is 10.6 Å². The van der Waals surface area contributed by atoms with Crippen LogP contribution in [0.4, 0.5) is 0 Å². The standard InChI is InChI=1S/C10H17BrO/c1-6(2)8-5-4-7(3)9(11)10(8)12/h6-9H,4-5H2,1-3H3/t7-,8+,9?/m0/s1. The lowest BCUT2D eigenvalue weighted by molar-refractivity contribution is -0.126. The molecular formula is C10H17BrO. The molecular weight excluding hydrogens is 216 g/mol. The highest BCUT2D eigenvalue weighted by molar-refractivity contribution is 9.10. The van der Waals surface area contributed by atoms with Crippen LogP contribution in [0.15, 0.2) is 0 Å². The number of halogens is 1. The molecule has 1 aliphatic carbocycles. The number of rotatable bonds is 1. The Kier molecular flexibility index (Phi) is 3.33. The van der Waals surface area contributed by atoms with Crippen LogP contribution in [0, 0.1) is 17.8 Å². The molecule has 0 heterocycles. The van der Waals surface area contributed by atoms with Crippen LogP contribution in [0.5, 0.6) is 0 Å². The predicted octanol–water partition coefficient (Wildman–Crippen LogP) is 3.02. The van der Waals surface area contributed by atoms with Gasteiger partial charge in [-0.25, -0.2) is 0 Å². The Hall–Kier alpha value is 0.150. The molecule has 1 aliphatic rings. The van der Waals surface area contributed by atoms with Crippen LogP contribution >= 0.6 is 15.9 Å². The highest BCUT2D eigenvalue weighted by Gasteiger charge is 2.35. The fourth-order valence-corrected chi connectivity index (χ4v) is 2.48. The van der Waals surface area contributed by atoms with Gasteiger partial charge in [-0.3, -0.25) is 4.79 Å². The Labute approximate surface area is 83.0 Å². The van der Waals surface area contributed by atoms with Gasteiger partial charge in [0.25, 0.3) is 0 Å². The fraction of sp³-hybridized carbons (Fsp3) is 0.900. The van der Waals surface area contributed by atoms with Crippen molar-refractivity contribution in [1.82, 2.24) is 0 Å². The molecule has 2 heteroatoms. The van der Waals surface area contributed by atoms with Gasteiger partial charge in [-0.2, -0.15) is 0 Å². The molecule has 0 spiro atoms. The SMILES string of the molecule is CC(C)[C@H]1CC[C@H](C)C(Br)C1=O. The Morgan fingerprint density at radius 2 is 2.00 bits per heavy atom. The van der Waals surface area contributed by atoms with E-state index in [-0.39, 0.29) is 4.83 Å². The van der Waals surface area contributed by atoms with Gasteiger partial charge in [0, 0.05) is 5.92 Å². The first-order chi connectivity index (χ1) is 5.54. The molecule has 0 bridgehead atoms. The van der Waals surface area contributed by atoms with E-state index in [4.69, 9.17) is 0 Å². The summed E-state index contributed by atoms with van der Waals surface area (Å²) < 4.78 is 0. The minimum atomic E-state index is 0.110. The van der Waals surface area contributed by atoms with E-state index in [2.05, 4.69) is 36.7 Å². The zero-order chi connectivity index (χ0) is 9.30. The molecule has 1 saturated carbocycles. The van der Waals surface area contributed by atoms with Crippen molar-refractivity contribution in [1.29, 1.82) is 0 Å². The maximum atomic E-state index is 11.7. The highest BCUT2D eigenvalue weighted by Crippen LogP contribution is 2.34. The summed E-state index contributed by atoms with van der Waals surface area (Å²) in [5.74, 6) is 1.74. The summed E-state index contributed by atoms with van der Waals surface area (Å²) in [5.41, 5.74) is 0. The van der Waals surface area contributed by atoms with Crippen molar-refractivity contribution in [2.75, 3.05) is 0 Å². The molecule has 70 valence electrons. The maximum Gasteiger partial charge on any atom is 0.150 e. The first kappa shape index (κ1) is 10.2. The minimum Gasteiger partial charge on any atom is -0.298 e. The molecule has 0 aromatic carbocycles. The number of alkyl halides is 1. The molecule has 0 saturated heterocycles. The number of hydrogen-bond acceptors (Lipinski definition) is 1. The molecule has 12 heavy (non-hydrogen) atoms. The maximum absolute atomic E-state index is 11.7. The van der Waals surface area contributed by atoms with Crippen molar-refractivity contribution in [2.24, 2.45) is 17.8 Å². The van der Waals surface area contributed by atoms with Crippen molar-refractivity contribution in [3.8, 4) is 0 Å². The smallest absolute Gasteiger partial charge is 0.150 e. The van der Waals surface area contributed by atoms with Gasteiger partial charge in [0.1, 0.15) is 5.78 Å². The Morgan fingerprint density at radius 1 is 1.42 bits per heavy atom. The quantitative estimate of drug-likeness (QED) is 0.636. The van der Waals surface area contributed by atoms with E-state index in [1.165, 1.54) is 6.42 Å². The molecule has 0 aromatic rings. The summed E-state index contributed by atoms with van der Waals surface area (Å²) in [6, 6.07) is 0. The summed E-state index contributed by atoms with van der Waals surface area (Å²) in [6.45, 7) is 6.42. The van der Waals surface area contributed by atoms with E-state index < -0.39 is 0 Å². The van der Waals surface area contributed by atoms with Gasteiger partial charge in [-0.15, -0.1) is 0 Å². The second-order valence-electron chi connectivity index (χ2n) is 4.21. The summed E-state index contributed by atoms with van der Waals surface area (Å²) >= 11 is 3.48. The van der Waals surface area contributed by atoms with E-state index in [1.807, 2.05) is 0 Å². The van der Waals surface area contributed by atoms with Crippen molar-refractivity contribution < 1.29 is 4.79 Å². The molecule has 1 fully saturated rings. The molecule has 1 rings (SSSR count). The largest absolute Gasteiger partial charge is 0.298 e. The van der Waals surface area contributed by atoms with Crippen molar-refractivity contribution in [3.05, 3.63) is 0 Å². The number of Topliss-reactive ketones (excluding diaryl/α,β-unsaturated/α-hetero) is 1. The lowest BCUT2D eigenvalue weighted by atomic mass is 9.76.